The Hall–Kier alpha value is -2.82. The number of anilines is 1. The van der Waals surface area contributed by atoms with Crippen molar-refractivity contribution in [3.63, 3.8) is 0 Å². The van der Waals surface area contributed by atoms with E-state index in [4.69, 9.17) is 4.74 Å². The van der Waals surface area contributed by atoms with Crippen LogP contribution in [0.2, 0.25) is 0 Å². The number of carbonyl (C=O) groups excluding carboxylic acids is 2. The Balaban J connectivity index is 2.21. The van der Waals surface area contributed by atoms with Gasteiger partial charge in [-0.1, -0.05) is 57.2 Å². The number of amides is 2. The van der Waals surface area contributed by atoms with Gasteiger partial charge in [0.2, 0.25) is 11.8 Å². The van der Waals surface area contributed by atoms with Crippen molar-refractivity contribution in [2.24, 2.45) is 0 Å². The molecule has 2 N–H and O–H groups in total. The van der Waals surface area contributed by atoms with Gasteiger partial charge in [0.05, 0.1) is 25.3 Å². The third kappa shape index (κ3) is 5.84. The summed E-state index contributed by atoms with van der Waals surface area (Å²) in [5.74, 6) is 0.234. The third-order valence-electron chi connectivity index (χ3n) is 4.31. The van der Waals surface area contributed by atoms with Gasteiger partial charge >= 0.3 is 0 Å². The molecule has 0 heterocycles. The molecule has 1 atom stereocenters. The smallest absolute Gasteiger partial charge is 0.226 e. The number of ether oxygens (including phenoxy) is 1. The molecule has 5 heteroatoms. The SMILES string of the molecule is COc1ccc(C(C)(C)C)cc1NC(=O)C[C@H](NC(C)=O)c1ccccc1. The van der Waals surface area contributed by atoms with Crippen LogP contribution in [0.5, 0.6) is 5.75 Å². The van der Waals surface area contributed by atoms with Crippen molar-refractivity contribution in [2.45, 2.75) is 45.6 Å². The Morgan fingerprint density at radius 2 is 1.74 bits per heavy atom. The van der Waals surface area contributed by atoms with Crippen LogP contribution in [0.15, 0.2) is 48.5 Å². The predicted molar refractivity (Wildman–Crippen MR) is 108 cm³/mol. The summed E-state index contributed by atoms with van der Waals surface area (Å²) in [6.45, 7) is 7.79. The lowest BCUT2D eigenvalue weighted by Gasteiger charge is -2.22. The molecule has 2 aromatic rings. The molecule has 0 spiro atoms. The summed E-state index contributed by atoms with van der Waals surface area (Å²) in [6.07, 6.45) is 0.131. The van der Waals surface area contributed by atoms with E-state index in [1.54, 1.807) is 7.11 Å². The maximum absolute atomic E-state index is 12.7. The summed E-state index contributed by atoms with van der Waals surface area (Å²) in [5.41, 5.74) is 2.57. The second kappa shape index (κ2) is 8.71. The second-order valence-electron chi connectivity index (χ2n) is 7.58. The van der Waals surface area contributed by atoms with Crippen LogP contribution >= 0.6 is 0 Å². The molecule has 0 aliphatic carbocycles. The van der Waals surface area contributed by atoms with Crippen LogP contribution in [0.25, 0.3) is 0 Å². The van der Waals surface area contributed by atoms with Gasteiger partial charge < -0.3 is 15.4 Å². The van der Waals surface area contributed by atoms with Gasteiger partial charge in [-0.05, 0) is 28.7 Å². The van der Waals surface area contributed by atoms with Crippen LogP contribution in [0.1, 0.15) is 51.3 Å². The standard InChI is InChI=1S/C22H28N2O3/c1-15(25)23-18(16-9-7-6-8-10-16)14-21(26)24-19-13-17(22(2,3)4)11-12-20(19)27-5/h6-13,18H,14H2,1-5H3,(H,23,25)(H,24,26)/t18-/m0/s1. The van der Waals surface area contributed by atoms with Gasteiger partial charge in [0.25, 0.3) is 0 Å². The minimum absolute atomic E-state index is 0.0471. The minimum atomic E-state index is -0.388. The first-order valence-corrected chi connectivity index (χ1v) is 9.01. The van der Waals surface area contributed by atoms with E-state index in [9.17, 15) is 9.59 Å². The molecule has 0 unspecified atom stereocenters. The Morgan fingerprint density at radius 3 is 2.30 bits per heavy atom. The van der Waals surface area contributed by atoms with Crippen LogP contribution in [0.4, 0.5) is 5.69 Å². The summed E-state index contributed by atoms with van der Waals surface area (Å²) in [6, 6.07) is 14.9. The number of carbonyl (C=O) groups is 2. The first kappa shape index (κ1) is 20.5. The lowest BCUT2D eigenvalue weighted by molar-refractivity contribution is -0.120. The normalized spacial score (nSPS) is 12.2. The van der Waals surface area contributed by atoms with Gasteiger partial charge in [-0.3, -0.25) is 9.59 Å². The Labute approximate surface area is 161 Å². The van der Waals surface area contributed by atoms with Crippen molar-refractivity contribution in [3.8, 4) is 5.75 Å². The molecule has 0 fully saturated rings. The molecule has 0 radical (unpaired) electrons. The molecule has 2 rings (SSSR count). The third-order valence-corrected chi connectivity index (χ3v) is 4.31. The van der Waals surface area contributed by atoms with Crippen molar-refractivity contribution in [1.29, 1.82) is 0 Å². The van der Waals surface area contributed by atoms with Crippen molar-refractivity contribution < 1.29 is 14.3 Å². The van der Waals surface area contributed by atoms with E-state index in [0.717, 1.165) is 11.1 Å². The average molecular weight is 368 g/mol. The Morgan fingerprint density at radius 1 is 1.07 bits per heavy atom. The molecule has 27 heavy (non-hydrogen) atoms. The monoisotopic (exact) mass is 368 g/mol. The van der Waals surface area contributed by atoms with Gasteiger partial charge in [0, 0.05) is 6.92 Å². The predicted octanol–water partition coefficient (Wildman–Crippen LogP) is 4.20. The van der Waals surface area contributed by atoms with Crippen LogP contribution in [0, 0.1) is 0 Å². The molecule has 0 aliphatic rings. The molecule has 0 aliphatic heterocycles. The highest BCUT2D eigenvalue weighted by molar-refractivity contribution is 5.93. The van der Waals surface area contributed by atoms with Crippen molar-refractivity contribution in [1.82, 2.24) is 5.32 Å². The molecule has 0 bridgehead atoms. The van der Waals surface area contributed by atoms with E-state index in [1.807, 2.05) is 48.5 Å². The van der Waals surface area contributed by atoms with Crippen LogP contribution < -0.4 is 15.4 Å². The number of nitrogens with one attached hydrogen (secondary N) is 2. The number of hydrogen-bond donors (Lipinski definition) is 2. The van der Waals surface area contributed by atoms with Gasteiger partial charge in [0.15, 0.2) is 0 Å². The molecule has 0 aromatic heterocycles. The van der Waals surface area contributed by atoms with Crippen LogP contribution in [0.3, 0.4) is 0 Å². The van der Waals surface area contributed by atoms with Crippen molar-refractivity contribution in [3.05, 3.63) is 59.7 Å². The number of rotatable bonds is 6. The summed E-state index contributed by atoms with van der Waals surface area (Å²) in [4.78, 5) is 24.2. The largest absolute Gasteiger partial charge is 0.495 e. The fourth-order valence-corrected chi connectivity index (χ4v) is 2.84. The summed E-state index contributed by atoms with van der Waals surface area (Å²) in [5, 5.41) is 5.78. The number of benzene rings is 2. The first-order valence-electron chi connectivity index (χ1n) is 9.01. The number of hydrogen-bond acceptors (Lipinski definition) is 3. The molecule has 2 aromatic carbocycles. The molecule has 2 amide bonds. The second-order valence-corrected chi connectivity index (χ2v) is 7.58. The average Bonchev–Trinajstić information content (AvgIpc) is 2.60. The number of methoxy groups -OCH3 is 1. The van der Waals surface area contributed by atoms with Gasteiger partial charge in [0.1, 0.15) is 5.75 Å². The molecular formula is C22H28N2O3. The molecule has 5 nitrogen and oxygen atoms in total. The van der Waals surface area contributed by atoms with Gasteiger partial charge in [-0.15, -0.1) is 0 Å². The lowest BCUT2D eigenvalue weighted by Crippen LogP contribution is -2.29. The van der Waals surface area contributed by atoms with E-state index in [2.05, 4.69) is 31.4 Å². The zero-order valence-electron chi connectivity index (χ0n) is 16.6. The molecular weight excluding hydrogens is 340 g/mol. The van der Waals surface area contributed by atoms with E-state index >= 15 is 0 Å². The minimum Gasteiger partial charge on any atom is -0.495 e. The zero-order chi connectivity index (χ0) is 20.0. The molecule has 0 saturated carbocycles. The van der Waals surface area contributed by atoms with E-state index in [-0.39, 0.29) is 29.7 Å². The zero-order valence-corrected chi connectivity index (χ0v) is 16.6. The molecule has 144 valence electrons. The summed E-state index contributed by atoms with van der Waals surface area (Å²) >= 11 is 0. The quantitative estimate of drug-likeness (QED) is 0.803. The van der Waals surface area contributed by atoms with Crippen LogP contribution in [-0.2, 0) is 15.0 Å². The maximum Gasteiger partial charge on any atom is 0.226 e. The first-order chi connectivity index (χ1) is 12.7. The van der Waals surface area contributed by atoms with Gasteiger partial charge in [-0.2, -0.15) is 0 Å². The van der Waals surface area contributed by atoms with Crippen LogP contribution in [-0.4, -0.2) is 18.9 Å². The van der Waals surface area contributed by atoms with E-state index in [0.29, 0.717) is 11.4 Å². The fourth-order valence-electron chi connectivity index (χ4n) is 2.84. The highest BCUT2D eigenvalue weighted by Gasteiger charge is 2.20. The molecule has 0 saturated heterocycles. The van der Waals surface area contributed by atoms with Gasteiger partial charge in [-0.25, -0.2) is 0 Å². The van der Waals surface area contributed by atoms with Crippen molar-refractivity contribution >= 4 is 17.5 Å². The van der Waals surface area contributed by atoms with Crippen molar-refractivity contribution in [2.75, 3.05) is 12.4 Å². The fraction of sp³-hybridized carbons (Fsp3) is 0.364. The Bertz CT molecular complexity index is 795. The summed E-state index contributed by atoms with van der Waals surface area (Å²) in [7, 11) is 1.58. The Kier molecular flexibility index (Phi) is 6.61. The summed E-state index contributed by atoms with van der Waals surface area (Å²) < 4.78 is 5.38. The lowest BCUT2D eigenvalue weighted by atomic mass is 9.87. The highest BCUT2D eigenvalue weighted by Crippen LogP contribution is 2.31. The van der Waals surface area contributed by atoms with E-state index in [1.165, 1.54) is 6.92 Å². The highest BCUT2D eigenvalue weighted by atomic mass is 16.5. The van der Waals surface area contributed by atoms with E-state index < -0.39 is 0 Å². The maximum atomic E-state index is 12.7. The topological polar surface area (TPSA) is 67.4 Å².